The standard InChI is InChI=1S/C8H16O2/c1-6-3-4-7(9)8(5-6)10-2/h6-9H,3-5H2,1-2H3/t6-,7+,8+/m1/s1. The van der Waals surface area contributed by atoms with Gasteiger partial charge in [-0.25, -0.2) is 0 Å². The van der Waals surface area contributed by atoms with Crippen LogP contribution in [-0.4, -0.2) is 24.4 Å². The summed E-state index contributed by atoms with van der Waals surface area (Å²) in [5.74, 6) is 0.716. The molecule has 1 saturated carbocycles. The third-order valence-electron chi connectivity index (χ3n) is 2.32. The van der Waals surface area contributed by atoms with E-state index in [4.69, 9.17) is 4.74 Å². The van der Waals surface area contributed by atoms with Crippen LogP contribution in [0.5, 0.6) is 0 Å². The van der Waals surface area contributed by atoms with E-state index in [9.17, 15) is 5.11 Å². The van der Waals surface area contributed by atoms with Crippen LogP contribution in [0.2, 0.25) is 0 Å². The molecule has 2 heteroatoms. The Kier molecular flexibility index (Phi) is 2.69. The molecule has 3 atom stereocenters. The molecule has 10 heavy (non-hydrogen) atoms. The van der Waals surface area contributed by atoms with Crippen LogP contribution >= 0.6 is 0 Å². The molecule has 0 amide bonds. The molecule has 0 bridgehead atoms. The van der Waals surface area contributed by atoms with Gasteiger partial charge in [-0.15, -0.1) is 0 Å². The maximum atomic E-state index is 9.36. The van der Waals surface area contributed by atoms with Crippen molar-refractivity contribution in [1.29, 1.82) is 0 Å². The van der Waals surface area contributed by atoms with Crippen molar-refractivity contribution in [3.63, 3.8) is 0 Å². The van der Waals surface area contributed by atoms with E-state index in [-0.39, 0.29) is 12.2 Å². The fourth-order valence-corrected chi connectivity index (χ4v) is 1.57. The first-order valence-corrected chi connectivity index (χ1v) is 3.95. The van der Waals surface area contributed by atoms with Crippen LogP contribution < -0.4 is 0 Å². The first kappa shape index (κ1) is 8.02. The Morgan fingerprint density at radius 1 is 1.40 bits per heavy atom. The zero-order chi connectivity index (χ0) is 7.56. The first-order valence-electron chi connectivity index (χ1n) is 3.95. The van der Waals surface area contributed by atoms with Crippen LogP contribution in [0.3, 0.4) is 0 Å². The van der Waals surface area contributed by atoms with Crippen LogP contribution in [0.4, 0.5) is 0 Å². The van der Waals surface area contributed by atoms with Crippen molar-refractivity contribution in [3.05, 3.63) is 0 Å². The SMILES string of the molecule is CO[C@H]1C[C@H](C)CC[C@@H]1O. The second-order valence-corrected chi connectivity index (χ2v) is 3.26. The van der Waals surface area contributed by atoms with Gasteiger partial charge >= 0.3 is 0 Å². The number of ether oxygens (including phenoxy) is 1. The molecule has 0 heterocycles. The molecule has 0 aromatic rings. The zero-order valence-electron chi connectivity index (χ0n) is 6.71. The summed E-state index contributed by atoms with van der Waals surface area (Å²) in [7, 11) is 1.67. The highest BCUT2D eigenvalue weighted by atomic mass is 16.5. The largest absolute Gasteiger partial charge is 0.390 e. The molecule has 1 aliphatic rings. The maximum absolute atomic E-state index is 9.36. The summed E-state index contributed by atoms with van der Waals surface area (Å²) in [5.41, 5.74) is 0. The van der Waals surface area contributed by atoms with Crippen molar-refractivity contribution in [3.8, 4) is 0 Å². The highest BCUT2D eigenvalue weighted by molar-refractivity contribution is 4.77. The Balaban J connectivity index is 2.38. The second-order valence-electron chi connectivity index (χ2n) is 3.26. The average Bonchev–Trinajstić information content (AvgIpc) is 1.94. The van der Waals surface area contributed by atoms with E-state index in [1.54, 1.807) is 7.11 Å². The fraction of sp³-hybridized carbons (Fsp3) is 1.00. The lowest BCUT2D eigenvalue weighted by molar-refractivity contribution is -0.0481. The highest BCUT2D eigenvalue weighted by Crippen LogP contribution is 2.25. The normalized spacial score (nSPS) is 41.7. The fourth-order valence-electron chi connectivity index (χ4n) is 1.57. The summed E-state index contributed by atoms with van der Waals surface area (Å²) in [5, 5.41) is 9.36. The lowest BCUT2D eigenvalue weighted by atomic mass is 9.87. The van der Waals surface area contributed by atoms with Crippen molar-refractivity contribution >= 4 is 0 Å². The van der Waals surface area contributed by atoms with Gasteiger partial charge in [0.2, 0.25) is 0 Å². The minimum atomic E-state index is -0.221. The number of methoxy groups -OCH3 is 1. The lowest BCUT2D eigenvalue weighted by Gasteiger charge is -2.30. The quantitative estimate of drug-likeness (QED) is 0.599. The minimum Gasteiger partial charge on any atom is -0.390 e. The molecule has 0 radical (unpaired) electrons. The highest BCUT2D eigenvalue weighted by Gasteiger charge is 2.26. The topological polar surface area (TPSA) is 29.5 Å². The summed E-state index contributed by atoms with van der Waals surface area (Å²) in [4.78, 5) is 0. The van der Waals surface area contributed by atoms with Crippen LogP contribution in [0.25, 0.3) is 0 Å². The van der Waals surface area contributed by atoms with Crippen molar-refractivity contribution in [1.82, 2.24) is 0 Å². The van der Waals surface area contributed by atoms with E-state index in [2.05, 4.69) is 6.92 Å². The van der Waals surface area contributed by atoms with Gasteiger partial charge < -0.3 is 9.84 Å². The van der Waals surface area contributed by atoms with Gasteiger partial charge in [0.1, 0.15) is 0 Å². The van der Waals surface area contributed by atoms with Crippen LogP contribution in [-0.2, 0) is 4.74 Å². The number of aliphatic hydroxyl groups excluding tert-OH is 1. The Bertz CT molecular complexity index is 103. The Morgan fingerprint density at radius 2 is 2.10 bits per heavy atom. The summed E-state index contributed by atoms with van der Waals surface area (Å²) in [6.07, 6.45) is 2.92. The molecule has 0 aromatic carbocycles. The maximum Gasteiger partial charge on any atom is 0.0832 e. The Morgan fingerprint density at radius 3 is 2.60 bits per heavy atom. The molecule has 1 fully saturated rings. The van der Waals surface area contributed by atoms with Gasteiger partial charge in [0.25, 0.3) is 0 Å². The van der Waals surface area contributed by atoms with Crippen molar-refractivity contribution < 1.29 is 9.84 Å². The van der Waals surface area contributed by atoms with Crippen molar-refractivity contribution in [2.75, 3.05) is 7.11 Å². The summed E-state index contributed by atoms with van der Waals surface area (Å²) < 4.78 is 5.12. The molecule has 1 aliphatic carbocycles. The number of rotatable bonds is 1. The molecule has 1 N–H and O–H groups in total. The number of aliphatic hydroxyl groups is 1. The third-order valence-corrected chi connectivity index (χ3v) is 2.32. The van der Waals surface area contributed by atoms with Gasteiger partial charge in [0.15, 0.2) is 0 Å². The predicted molar refractivity (Wildman–Crippen MR) is 39.8 cm³/mol. The minimum absolute atomic E-state index is 0.0868. The van der Waals surface area contributed by atoms with Crippen molar-refractivity contribution in [2.24, 2.45) is 5.92 Å². The summed E-state index contributed by atoms with van der Waals surface area (Å²) >= 11 is 0. The van der Waals surface area contributed by atoms with Gasteiger partial charge in [-0.3, -0.25) is 0 Å². The molecule has 60 valence electrons. The predicted octanol–water partition coefficient (Wildman–Crippen LogP) is 1.18. The summed E-state index contributed by atoms with van der Waals surface area (Å²) in [6.45, 7) is 2.21. The molecular weight excluding hydrogens is 128 g/mol. The van der Waals surface area contributed by atoms with Gasteiger partial charge in [-0.2, -0.15) is 0 Å². The third kappa shape index (κ3) is 1.70. The molecular formula is C8H16O2. The average molecular weight is 144 g/mol. The van der Waals surface area contributed by atoms with Crippen molar-refractivity contribution in [2.45, 2.75) is 38.4 Å². The number of hydrogen-bond donors (Lipinski definition) is 1. The molecule has 0 unspecified atom stereocenters. The lowest BCUT2D eigenvalue weighted by Crippen LogP contribution is -2.34. The van der Waals surface area contributed by atoms with E-state index in [0.717, 1.165) is 19.3 Å². The summed E-state index contributed by atoms with van der Waals surface area (Å²) in [6, 6.07) is 0. The van der Waals surface area contributed by atoms with E-state index >= 15 is 0 Å². The monoisotopic (exact) mass is 144 g/mol. The van der Waals surface area contributed by atoms with Crippen LogP contribution in [0.1, 0.15) is 26.2 Å². The van der Waals surface area contributed by atoms with Gasteiger partial charge in [-0.05, 0) is 25.2 Å². The van der Waals surface area contributed by atoms with E-state index in [0.29, 0.717) is 5.92 Å². The Hall–Kier alpha value is -0.0800. The van der Waals surface area contributed by atoms with Gasteiger partial charge in [-0.1, -0.05) is 6.92 Å². The molecule has 0 aromatic heterocycles. The van der Waals surface area contributed by atoms with Crippen LogP contribution in [0.15, 0.2) is 0 Å². The zero-order valence-corrected chi connectivity index (χ0v) is 6.71. The smallest absolute Gasteiger partial charge is 0.0832 e. The first-order chi connectivity index (χ1) is 4.74. The molecule has 0 saturated heterocycles. The molecule has 2 nitrogen and oxygen atoms in total. The molecule has 0 aliphatic heterocycles. The second kappa shape index (κ2) is 3.35. The van der Waals surface area contributed by atoms with E-state index in [1.165, 1.54) is 0 Å². The van der Waals surface area contributed by atoms with Crippen LogP contribution in [0, 0.1) is 5.92 Å². The van der Waals surface area contributed by atoms with Gasteiger partial charge in [0, 0.05) is 7.11 Å². The molecule has 1 rings (SSSR count). The molecule has 0 spiro atoms. The van der Waals surface area contributed by atoms with Gasteiger partial charge in [0.05, 0.1) is 12.2 Å². The van der Waals surface area contributed by atoms with E-state index < -0.39 is 0 Å². The van der Waals surface area contributed by atoms with E-state index in [1.807, 2.05) is 0 Å². The number of hydrogen-bond acceptors (Lipinski definition) is 2. The Labute approximate surface area is 62.2 Å².